The number of carbonyl (C=O) groups is 1. The molecule has 2 N–H and O–H groups in total. The van der Waals surface area contributed by atoms with Crippen molar-refractivity contribution in [3.05, 3.63) is 68.7 Å². The largest absolute Gasteiger partial charge is 0.417 e. The van der Waals surface area contributed by atoms with Crippen LogP contribution < -0.4 is 15.8 Å². The van der Waals surface area contributed by atoms with Crippen molar-refractivity contribution in [2.24, 2.45) is 0 Å². The van der Waals surface area contributed by atoms with Crippen molar-refractivity contribution < 1.29 is 27.1 Å². The zero-order chi connectivity index (χ0) is 30.2. The molecule has 4 heterocycles. The summed E-state index contributed by atoms with van der Waals surface area (Å²) in [7, 11) is 2.00. The highest BCUT2D eigenvalue weighted by molar-refractivity contribution is 7.15. The van der Waals surface area contributed by atoms with Crippen molar-refractivity contribution in [1.29, 1.82) is 0 Å². The van der Waals surface area contributed by atoms with E-state index in [1.54, 1.807) is 0 Å². The fraction of sp³-hybridized carbons (Fsp3) is 0.448. The standard InChI is InChI=1S/C29H33F4N5O3S/c1-17-14-38(15-18(2)36(17)3)25-12-23(30)20(26-5-4-19(42-26)16-37-6-8-41-9-7-37)10-24(25)35-28(40)21-13-34-27(39)11-22(21)29(31,32)33/h4-5,10-13,17-18H,6-9,14-16H2,1-3H3,(H,34,39)(H,35,40)/t17-,18+. The van der Waals surface area contributed by atoms with Gasteiger partial charge in [-0.25, -0.2) is 4.39 Å². The molecule has 2 aliphatic heterocycles. The summed E-state index contributed by atoms with van der Waals surface area (Å²) < 4.78 is 62.4. The maximum Gasteiger partial charge on any atom is 0.417 e. The van der Waals surface area contributed by atoms with E-state index in [4.69, 9.17) is 4.74 Å². The van der Waals surface area contributed by atoms with Crippen LogP contribution in [0.1, 0.15) is 34.6 Å². The number of ether oxygens (including phenoxy) is 1. The van der Waals surface area contributed by atoms with Gasteiger partial charge in [0.05, 0.1) is 35.7 Å². The molecule has 42 heavy (non-hydrogen) atoms. The van der Waals surface area contributed by atoms with Crippen LogP contribution in [-0.4, -0.2) is 79.2 Å². The van der Waals surface area contributed by atoms with Gasteiger partial charge in [0.2, 0.25) is 5.56 Å². The van der Waals surface area contributed by atoms with Crippen LogP contribution in [0.5, 0.6) is 0 Å². The maximum absolute atomic E-state index is 15.8. The molecule has 0 saturated carbocycles. The lowest BCUT2D eigenvalue weighted by molar-refractivity contribution is -0.138. The second-order valence-corrected chi connectivity index (χ2v) is 12.0. The van der Waals surface area contributed by atoms with Crippen molar-refractivity contribution >= 4 is 28.6 Å². The number of pyridine rings is 1. The molecule has 226 valence electrons. The fourth-order valence-corrected chi connectivity index (χ4v) is 6.45. The van der Waals surface area contributed by atoms with Gasteiger partial charge in [0.25, 0.3) is 5.91 Å². The van der Waals surface area contributed by atoms with E-state index in [9.17, 15) is 22.8 Å². The highest BCUT2D eigenvalue weighted by Crippen LogP contribution is 2.39. The molecule has 0 aliphatic carbocycles. The molecule has 13 heteroatoms. The van der Waals surface area contributed by atoms with Crippen molar-refractivity contribution in [2.75, 3.05) is 56.7 Å². The fourth-order valence-electron chi connectivity index (χ4n) is 5.39. The number of likely N-dealkylation sites (N-methyl/N-ethyl adjacent to an activating group) is 1. The number of aromatic amines is 1. The molecule has 0 unspecified atom stereocenters. The Balaban J connectivity index is 1.52. The monoisotopic (exact) mass is 607 g/mol. The average molecular weight is 608 g/mol. The van der Waals surface area contributed by atoms with E-state index in [2.05, 4.69) is 20.1 Å². The first-order chi connectivity index (χ1) is 19.9. The van der Waals surface area contributed by atoms with E-state index in [0.29, 0.717) is 49.5 Å². The second-order valence-electron chi connectivity index (χ2n) is 10.8. The Labute approximate surface area is 244 Å². The van der Waals surface area contributed by atoms with Gasteiger partial charge < -0.3 is 19.9 Å². The molecule has 5 rings (SSSR count). The number of aromatic nitrogens is 1. The number of H-pyrrole nitrogens is 1. The van der Waals surface area contributed by atoms with Gasteiger partial charge in [0.15, 0.2) is 0 Å². The van der Waals surface area contributed by atoms with Crippen LogP contribution in [0.4, 0.5) is 28.9 Å². The number of alkyl halides is 3. The summed E-state index contributed by atoms with van der Waals surface area (Å²) in [5, 5.41) is 2.61. The Kier molecular flexibility index (Phi) is 8.74. The minimum atomic E-state index is -4.92. The maximum atomic E-state index is 15.8. The van der Waals surface area contributed by atoms with E-state index < -0.39 is 34.6 Å². The molecule has 1 amide bonds. The number of anilines is 2. The first-order valence-corrected chi connectivity index (χ1v) is 14.5. The zero-order valence-corrected chi connectivity index (χ0v) is 24.4. The van der Waals surface area contributed by atoms with E-state index in [-0.39, 0.29) is 23.3 Å². The number of morpholine rings is 1. The number of benzene rings is 1. The van der Waals surface area contributed by atoms with Gasteiger partial charge in [-0.1, -0.05) is 0 Å². The van der Waals surface area contributed by atoms with Crippen LogP contribution >= 0.6 is 11.3 Å². The summed E-state index contributed by atoms with van der Waals surface area (Å²) in [4.78, 5) is 35.1. The van der Waals surface area contributed by atoms with E-state index >= 15 is 4.39 Å². The van der Waals surface area contributed by atoms with Crippen molar-refractivity contribution in [2.45, 2.75) is 38.7 Å². The number of halogens is 4. The minimum Gasteiger partial charge on any atom is -0.379 e. The normalized spacial score (nSPS) is 20.6. The van der Waals surface area contributed by atoms with Crippen LogP contribution in [0, 0.1) is 5.82 Å². The van der Waals surface area contributed by atoms with Crippen LogP contribution in [0.25, 0.3) is 10.4 Å². The van der Waals surface area contributed by atoms with Crippen LogP contribution in [-0.2, 0) is 17.5 Å². The Morgan fingerprint density at radius 3 is 2.48 bits per heavy atom. The first-order valence-electron chi connectivity index (χ1n) is 13.7. The topological polar surface area (TPSA) is 80.9 Å². The number of hydrogen-bond acceptors (Lipinski definition) is 7. The lowest BCUT2D eigenvalue weighted by atomic mass is 10.0. The van der Waals surface area contributed by atoms with E-state index in [1.807, 2.05) is 37.9 Å². The molecule has 0 bridgehead atoms. The van der Waals surface area contributed by atoms with Crippen LogP contribution in [0.2, 0.25) is 0 Å². The third-order valence-corrected chi connectivity index (χ3v) is 9.02. The molecule has 2 aliphatic rings. The Hall–Kier alpha value is -3.26. The molecule has 1 aromatic carbocycles. The molecular weight excluding hydrogens is 574 g/mol. The lowest BCUT2D eigenvalue weighted by Crippen LogP contribution is -2.55. The van der Waals surface area contributed by atoms with E-state index in [0.717, 1.165) is 24.2 Å². The van der Waals surface area contributed by atoms with Crippen LogP contribution in [0.15, 0.2) is 41.3 Å². The van der Waals surface area contributed by atoms with Gasteiger partial charge in [-0.15, -0.1) is 11.3 Å². The van der Waals surface area contributed by atoms with Crippen molar-refractivity contribution in [1.82, 2.24) is 14.8 Å². The van der Waals surface area contributed by atoms with E-state index in [1.165, 1.54) is 23.5 Å². The zero-order valence-electron chi connectivity index (χ0n) is 23.6. The smallest absolute Gasteiger partial charge is 0.379 e. The third-order valence-electron chi connectivity index (χ3n) is 7.92. The number of hydrogen-bond donors (Lipinski definition) is 2. The highest BCUT2D eigenvalue weighted by atomic mass is 32.1. The summed E-state index contributed by atoms with van der Waals surface area (Å²) in [6, 6.07) is 7.15. The molecule has 2 fully saturated rings. The SMILES string of the molecule is C[C@@H]1CN(c2cc(F)c(-c3ccc(CN4CCOCC4)s3)cc2NC(=O)c2c[nH]c(=O)cc2C(F)(F)F)C[C@H](C)N1C. The van der Waals surface area contributed by atoms with Gasteiger partial charge in [0.1, 0.15) is 5.82 Å². The molecule has 2 aromatic heterocycles. The number of nitrogens with zero attached hydrogens (tertiary/aromatic N) is 3. The van der Waals surface area contributed by atoms with Gasteiger partial charge in [-0.05, 0) is 45.2 Å². The number of piperazine rings is 1. The minimum absolute atomic E-state index is 0.108. The molecular formula is C29H33F4N5O3S. The molecule has 0 spiro atoms. The molecule has 3 aromatic rings. The Morgan fingerprint density at radius 2 is 1.81 bits per heavy atom. The third kappa shape index (κ3) is 6.54. The molecule has 8 nitrogen and oxygen atoms in total. The predicted molar refractivity (Wildman–Crippen MR) is 155 cm³/mol. The summed E-state index contributed by atoms with van der Waals surface area (Å²) in [5.74, 6) is -1.56. The van der Waals surface area contributed by atoms with Gasteiger partial charge >= 0.3 is 6.18 Å². The molecule has 2 saturated heterocycles. The predicted octanol–water partition coefficient (Wildman–Crippen LogP) is 4.87. The number of rotatable bonds is 6. The van der Waals surface area contributed by atoms with Gasteiger partial charge in [0, 0.05) is 72.4 Å². The number of nitrogens with one attached hydrogen (secondary N) is 2. The number of thiophene rings is 1. The molecule has 2 atom stereocenters. The summed E-state index contributed by atoms with van der Waals surface area (Å²) in [6.07, 6.45) is -4.17. The summed E-state index contributed by atoms with van der Waals surface area (Å²) in [6.45, 7) is 8.74. The highest BCUT2D eigenvalue weighted by Gasteiger charge is 2.36. The van der Waals surface area contributed by atoms with Crippen LogP contribution in [0.3, 0.4) is 0 Å². The second kappa shape index (κ2) is 12.2. The summed E-state index contributed by atoms with van der Waals surface area (Å²) >= 11 is 1.42. The van der Waals surface area contributed by atoms with Gasteiger partial charge in [-0.2, -0.15) is 13.2 Å². The summed E-state index contributed by atoms with van der Waals surface area (Å²) in [5.41, 5.74) is -2.26. The lowest BCUT2D eigenvalue weighted by Gasteiger charge is -2.44. The number of carbonyl (C=O) groups excluding carboxylic acids is 1. The van der Waals surface area contributed by atoms with Gasteiger partial charge in [-0.3, -0.25) is 19.4 Å². The molecule has 0 radical (unpaired) electrons. The number of amides is 1. The quantitative estimate of drug-likeness (QED) is 0.389. The first kappa shape index (κ1) is 30.2. The Morgan fingerprint density at radius 1 is 1.12 bits per heavy atom. The Bertz CT molecular complexity index is 1490. The van der Waals surface area contributed by atoms with Crippen molar-refractivity contribution in [3.63, 3.8) is 0 Å². The van der Waals surface area contributed by atoms with Crippen molar-refractivity contribution in [3.8, 4) is 10.4 Å². The average Bonchev–Trinajstić information content (AvgIpc) is 3.40.